The number of imidazole rings is 1. The third-order valence-electron chi connectivity index (χ3n) is 5.55. The molecule has 0 aliphatic rings. The largest absolute Gasteiger partial charge is 0.494 e. The van der Waals surface area contributed by atoms with Crippen LogP contribution in [0.4, 0.5) is 0 Å². The molecule has 0 fully saturated rings. The van der Waals surface area contributed by atoms with Gasteiger partial charge in [0.2, 0.25) is 0 Å². The number of hydrogen-bond donors (Lipinski definition) is 1. The van der Waals surface area contributed by atoms with E-state index in [0.29, 0.717) is 18.7 Å². The second kappa shape index (κ2) is 9.08. The molecule has 6 heteroatoms. The first-order chi connectivity index (χ1) is 16.1. The van der Waals surface area contributed by atoms with Crippen molar-refractivity contribution in [1.29, 1.82) is 0 Å². The Morgan fingerprint density at radius 3 is 2.61 bits per heavy atom. The number of carbonyl (C=O) groups excluding carboxylic acids is 1. The van der Waals surface area contributed by atoms with Gasteiger partial charge in [-0.15, -0.1) is 0 Å². The van der Waals surface area contributed by atoms with E-state index >= 15 is 0 Å². The summed E-state index contributed by atoms with van der Waals surface area (Å²) >= 11 is 1.59. The van der Waals surface area contributed by atoms with Crippen LogP contribution in [0.25, 0.3) is 26.4 Å². The maximum atomic E-state index is 12.7. The highest BCUT2D eigenvalue weighted by molar-refractivity contribution is 7.23. The fraction of sp³-hybridized carbons (Fsp3) is 0.185. The molecule has 2 heterocycles. The number of nitrogens with one attached hydrogen (secondary N) is 1. The van der Waals surface area contributed by atoms with Gasteiger partial charge in [0, 0.05) is 23.9 Å². The lowest BCUT2D eigenvalue weighted by Gasteiger charge is -2.08. The van der Waals surface area contributed by atoms with Gasteiger partial charge in [0.15, 0.2) is 4.96 Å². The van der Waals surface area contributed by atoms with E-state index < -0.39 is 0 Å². The van der Waals surface area contributed by atoms with E-state index in [4.69, 9.17) is 9.72 Å². The van der Waals surface area contributed by atoms with E-state index in [2.05, 4.69) is 54.0 Å². The molecule has 166 valence electrons. The molecule has 0 aliphatic carbocycles. The van der Waals surface area contributed by atoms with E-state index in [1.807, 2.05) is 42.5 Å². The van der Waals surface area contributed by atoms with Gasteiger partial charge in [0.25, 0.3) is 5.91 Å². The Bertz CT molecular complexity index is 1420. The van der Waals surface area contributed by atoms with Crippen LogP contribution in [0.5, 0.6) is 5.75 Å². The number of amides is 1. The molecular formula is C27H25N3O2S. The standard InChI is InChI=1S/C27H25N3O2S/c1-3-14-32-22-11-6-19(7-12-22)16-28-26(31)21-10-13-24-25(15-21)33-27-29-23(17-30(24)27)20-8-4-18(2)5-9-20/h4-13,15,17H,3,14,16H2,1-2H3,(H,28,31). The lowest BCUT2D eigenvalue weighted by molar-refractivity contribution is 0.0951. The first-order valence-corrected chi connectivity index (χ1v) is 11.9. The number of rotatable bonds is 7. The van der Waals surface area contributed by atoms with E-state index in [1.54, 1.807) is 11.3 Å². The van der Waals surface area contributed by atoms with Gasteiger partial charge in [-0.1, -0.05) is 60.2 Å². The molecule has 0 unspecified atom stereocenters. The van der Waals surface area contributed by atoms with Crippen LogP contribution in [0.1, 0.15) is 34.8 Å². The Hall–Kier alpha value is -3.64. The number of ether oxygens (including phenoxy) is 1. The highest BCUT2D eigenvalue weighted by atomic mass is 32.1. The summed E-state index contributed by atoms with van der Waals surface area (Å²) in [4.78, 5) is 18.5. The minimum Gasteiger partial charge on any atom is -0.494 e. The maximum Gasteiger partial charge on any atom is 0.251 e. The molecule has 0 aliphatic heterocycles. The van der Waals surface area contributed by atoms with Gasteiger partial charge in [-0.3, -0.25) is 9.20 Å². The van der Waals surface area contributed by atoms with E-state index in [0.717, 1.165) is 44.2 Å². The molecule has 0 saturated heterocycles. The monoisotopic (exact) mass is 455 g/mol. The van der Waals surface area contributed by atoms with E-state index in [1.165, 1.54) is 5.56 Å². The summed E-state index contributed by atoms with van der Waals surface area (Å²) in [5.41, 5.74) is 6.02. The highest BCUT2D eigenvalue weighted by Gasteiger charge is 2.13. The quantitative estimate of drug-likeness (QED) is 0.316. The average Bonchev–Trinajstić information content (AvgIpc) is 3.40. The van der Waals surface area contributed by atoms with Crippen LogP contribution in [0, 0.1) is 6.92 Å². The van der Waals surface area contributed by atoms with Gasteiger partial charge in [0.1, 0.15) is 5.75 Å². The highest BCUT2D eigenvalue weighted by Crippen LogP contribution is 2.30. The summed E-state index contributed by atoms with van der Waals surface area (Å²) < 4.78 is 8.74. The van der Waals surface area contributed by atoms with E-state index in [9.17, 15) is 4.79 Å². The number of carbonyl (C=O) groups is 1. The number of aromatic nitrogens is 2. The summed E-state index contributed by atoms with van der Waals surface area (Å²) in [6.45, 7) is 5.34. The second-order valence-electron chi connectivity index (χ2n) is 8.10. The zero-order chi connectivity index (χ0) is 22.8. The summed E-state index contributed by atoms with van der Waals surface area (Å²) in [5.74, 6) is 0.764. The third kappa shape index (κ3) is 4.47. The molecule has 5 rings (SSSR count). The van der Waals surface area contributed by atoms with Crippen LogP contribution in [-0.2, 0) is 6.54 Å². The first-order valence-electron chi connectivity index (χ1n) is 11.1. The Morgan fingerprint density at radius 2 is 1.85 bits per heavy atom. The Balaban J connectivity index is 1.30. The van der Waals surface area contributed by atoms with Crippen molar-refractivity contribution in [1.82, 2.24) is 14.7 Å². The molecule has 1 amide bonds. The van der Waals surface area contributed by atoms with Gasteiger partial charge in [-0.25, -0.2) is 4.98 Å². The van der Waals surface area contributed by atoms with Crippen molar-refractivity contribution in [3.05, 3.63) is 89.6 Å². The minimum atomic E-state index is -0.0883. The second-order valence-corrected chi connectivity index (χ2v) is 9.11. The van der Waals surface area contributed by atoms with Crippen LogP contribution >= 0.6 is 11.3 Å². The number of hydrogen-bond acceptors (Lipinski definition) is 4. The summed E-state index contributed by atoms with van der Waals surface area (Å²) in [5, 5.41) is 3.01. The molecule has 33 heavy (non-hydrogen) atoms. The van der Waals surface area contributed by atoms with Gasteiger partial charge < -0.3 is 10.1 Å². The smallest absolute Gasteiger partial charge is 0.251 e. The lowest BCUT2D eigenvalue weighted by atomic mass is 10.1. The van der Waals surface area contributed by atoms with Crippen molar-refractivity contribution in [2.24, 2.45) is 0 Å². The molecule has 0 atom stereocenters. The minimum absolute atomic E-state index is 0.0883. The first kappa shape index (κ1) is 21.2. The van der Waals surface area contributed by atoms with Crippen LogP contribution in [-0.4, -0.2) is 21.9 Å². The summed E-state index contributed by atoms with van der Waals surface area (Å²) in [6, 6.07) is 22.0. The topological polar surface area (TPSA) is 55.6 Å². The van der Waals surface area contributed by atoms with Crippen LogP contribution in [0.15, 0.2) is 72.9 Å². The molecule has 5 nitrogen and oxygen atoms in total. The predicted octanol–water partition coefficient (Wildman–Crippen LogP) is 6.24. The van der Waals surface area contributed by atoms with Crippen molar-refractivity contribution in [3.8, 4) is 17.0 Å². The SMILES string of the molecule is CCCOc1ccc(CNC(=O)c2ccc3c(c2)sc2nc(-c4ccc(C)cc4)cn23)cc1. The van der Waals surface area contributed by atoms with Crippen molar-refractivity contribution in [2.45, 2.75) is 26.8 Å². The average molecular weight is 456 g/mol. The zero-order valence-electron chi connectivity index (χ0n) is 18.7. The molecule has 0 radical (unpaired) electrons. The van der Waals surface area contributed by atoms with Gasteiger partial charge in [-0.05, 0) is 49.2 Å². The Labute approximate surface area is 196 Å². The number of aryl methyl sites for hydroxylation is 1. The number of nitrogens with zero attached hydrogens (tertiary/aromatic N) is 2. The Kier molecular flexibility index (Phi) is 5.84. The molecule has 1 N–H and O–H groups in total. The fourth-order valence-corrected chi connectivity index (χ4v) is 4.76. The number of thiazole rings is 1. The maximum absolute atomic E-state index is 12.7. The number of benzene rings is 3. The molecule has 5 aromatic rings. The molecule has 3 aromatic carbocycles. The zero-order valence-corrected chi connectivity index (χ0v) is 19.5. The molecule has 2 aromatic heterocycles. The number of fused-ring (bicyclic) bond motifs is 3. The molecule has 0 spiro atoms. The lowest BCUT2D eigenvalue weighted by Crippen LogP contribution is -2.22. The van der Waals surface area contributed by atoms with Gasteiger partial charge >= 0.3 is 0 Å². The Morgan fingerprint density at radius 1 is 1.06 bits per heavy atom. The van der Waals surface area contributed by atoms with Crippen LogP contribution in [0.2, 0.25) is 0 Å². The van der Waals surface area contributed by atoms with E-state index in [-0.39, 0.29) is 5.91 Å². The fourth-order valence-electron chi connectivity index (χ4n) is 3.71. The van der Waals surface area contributed by atoms with Gasteiger partial charge in [0.05, 0.1) is 22.5 Å². The van der Waals surface area contributed by atoms with Crippen molar-refractivity contribution in [2.75, 3.05) is 6.61 Å². The normalized spacial score (nSPS) is 11.2. The molecule has 0 saturated carbocycles. The van der Waals surface area contributed by atoms with Crippen molar-refractivity contribution >= 4 is 32.4 Å². The molecular weight excluding hydrogens is 430 g/mol. The van der Waals surface area contributed by atoms with Crippen molar-refractivity contribution in [3.63, 3.8) is 0 Å². The van der Waals surface area contributed by atoms with Crippen LogP contribution < -0.4 is 10.1 Å². The molecule has 0 bridgehead atoms. The predicted molar refractivity (Wildman–Crippen MR) is 134 cm³/mol. The van der Waals surface area contributed by atoms with Crippen molar-refractivity contribution < 1.29 is 9.53 Å². The van der Waals surface area contributed by atoms with Gasteiger partial charge in [-0.2, -0.15) is 0 Å². The van der Waals surface area contributed by atoms with Crippen LogP contribution in [0.3, 0.4) is 0 Å². The summed E-state index contributed by atoms with van der Waals surface area (Å²) in [7, 11) is 0. The summed E-state index contributed by atoms with van der Waals surface area (Å²) in [6.07, 6.45) is 3.04. The third-order valence-corrected chi connectivity index (χ3v) is 6.57.